The Morgan fingerprint density at radius 1 is 1.19 bits per heavy atom. The van der Waals surface area contributed by atoms with Crippen molar-refractivity contribution in [3.8, 4) is 17.3 Å². The number of hydrogen-bond donors (Lipinski definition) is 0. The second-order valence-corrected chi connectivity index (χ2v) is 9.33. The highest BCUT2D eigenvalue weighted by atomic mass is 35.5. The summed E-state index contributed by atoms with van der Waals surface area (Å²) in [7, 11) is 0. The number of thioether (sulfide) groups is 1. The Balaban J connectivity index is 1.39. The second-order valence-electron chi connectivity index (χ2n) is 7.01. The fraction of sp³-hybridized carbons (Fsp3) is 0.238. The average Bonchev–Trinajstić information content (AvgIpc) is 3.58. The summed E-state index contributed by atoms with van der Waals surface area (Å²) in [6, 6.07) is 11.2. The van der Waals surface area contributed by atoms with E-state index in [1.165, 1.54) is 23.1 Å². The van der Waals surface area contributed by atoms with E-state index in [0.717, 1.165) is 36.6 Å². The van der Waals surface area contributed by atoms with Crippen LogP contribution in [0.1, 0.15) is 28.3 Å². The number of thiazole rings is 1. The van der Waals surface area contributed by atoms with E-state index in [9.17, 15) is 4.79 Å². The third kappa shape index (κ3) is 4.26. The molecule has 1 saturated heterocycles. The molecule has 1 aliphatic rings. The Hall–Kier alpha value is -2.62. The van der Waals surface area contributed by atoms with Crippen molar-refractivity contribution in [2.45, 2.75) is 23.8 Å². The number of aromatic nitrogens is 4. The lowest BCUT2D eigenvalue weighted by Crippen LogP contribution is -2.27. The van der Waals surface area contributed by atoms with Gasteiger partial charge in [-0.3, -0.25) is 9.36 Å². The standard InChI is InChI=1S/C21H18ClN5O2S2/c22-14-5-3-6-15(11-14)27-19(17-7-4-10-29-17)24-25-21(27)31-13-18-23-16(12-30-18)20(28)26-8-1-2-9-26/h3-7,10-12H,1-2,8-9,13H2. The van der Waals surface area contributed by atoms with Crippen molar-refractivity contribution in [1.29, 1.82) is 0 Å². The molecule has 0 unspecified atom stereocenters. The van der Waals surface area contributed by atoms with Crippen molar-refractivity contribution in [3.63, 3.8) is 0 Å². The van der Waals surface area contributed by atoms with Crippen molar-refractivity contribution in [3.05, 3.63) is 63.8 Å². The third-order valence-corrected chi connectivity index (χ3v) is 7.14. The smallest absolute Gasteiger partial charge is 0.273 e. The van der Waals surface area contributed by atoms with E-state index in [2.05, 4.69) is 15.2 Å². The lowest BCUT2D eigenvalue weighted by Gasteiger charge is -2.12. The predicted molar refractivity (Wildman–Crippen MR) is 121 cm³/mol. The first-order valence-corrected chi connectivity index (χ1v) is 12.0. The topological polar surface area (TPSA) is 77.0 Å². The maximum Gasteiger partial charge on any atom is 0.273 e. The summed E-state index contributed by atoms with van der Waals surface area (Å²) >= 11 is 9.21. The molecule has 7 nitrogen and oxygen atoms in total. The number of carbonyl (C=O) groups excluding carboxylic acids is 1. The lowest BCUT2D eigenvalue weighted by molar-refractivity contribution is 0.0787. The summed E-state index contributed by atoms with van der Waals surface area (Å²) in [6.07, 6.45) is 3.74. The summed E-state index contributed by atoms with van der Waals surface area (Å²) in [4.78, 5) is 19.0. The van der Waals surface area contributed by atoms with Gasteiger partial charge in [0, 0.05) is 23.5 Å². The summed E-state index contributed by atoms with van der Waals surface area (Å²) in [5.74, 6) is 1.81. The van der Waals surface area contributed by atoms with Gasteiger partial charge in [0.2, 0.25) is 5.82 Å². The van der Waals surface area contributed by atoms with Gasteiger partial charge in [-0.25, -0.2) is 4.98 Å². The summed E-state index contributed by atoms with van der Waals surface area (Å²) in [5, 5.41) is 12.7. The first-order chi connectivity index (χ1) is 15.2. The number of halogens is 1. The zero-order valence-electron chi connectivity index (χ0n) is 16.4. The van der Waals surface area contributed by atoms with Crippen molar-refractivity contribution < 1.29 is 9.21 Å². The van der Waals surface area contributed by atoms with E-state index in [1.54, 1.807) is 6.26 Å². The number of furan rings is 1. The van der Waals surface area contributed by atoms with Crippen LogP contribution >= 0.6 is 34.7 Å². The van der Waals surface area contributed by atoms with Gasteiger partial charge in [-0.15, -0.1) is 21.5 Å². The summed E-state index contributed by atoms with van der Waals surface area (Å²) in [6.45, 7) is 1.64. The molecule has 0 radical (unpaired) electrons. The molecule has 0 N–H and O–H groups in total. The van der Waals surface area contributed by atoms with Crippen LogP contribution in [0, 0.1) is 0 Å². The molecule has 1 fully saturated rings. The minimum absolute atomic E-state index is 0.0206. The molecule has 0 atom stereocenters. The number of amides is 1. The van der Waals surface area contributed by atoms with Gasteiger partial charge >= 0.3 is 0 Å². The molecule has 31 heavy (non-hydrogen) atoms. The number of benzene rings is 1. The maximum atomic E-state index is 12.6. The molecule has 5 rings (SSSR count). The van der Waals surface area contributed by atoms with Crippen molar-refractivity contribution in [1.82, 2.24) is 24.6 Å². The zero-order valence-corrected chi connectivity index (χ0v) is 18.8. The average molecular weight is 472 g/mol. The molecule has 1 aliphatic heterocycles. The van der Waals surface area contributed by atoms with Gasteiger partial charge < -0.3 is 9.32 Å². The lowest BCUT2D eigenvalue weighted by atomic mass is 10.3. The number of hydrogen-bond acceptors (Lipinski definition) is 7. The van der Waals surface area contributed by atoms with Crippen LogP contribution in [0.3, 0.4) is 0 Å². The van der Waals surface area contributed by atoms with Crippen molar-refractivity contribution >= 4 is 40.6 Å². The first kappa shape index (κ1) is 20.3. The molecular formula is C21H18ClN5O2S2. The fourth-order valence-electron chi connectivity index (χ4n) is 3.46. The quantitative estimate of drug-likeness (QED) is 0.361. The Bertz CT molecular complexity index is 1200. The van der Waals surface area contributed by atoms with Gasteiger partial charge in [-0.05, 0) is 43.2 Å². The number of nitrogens with zero attached hydrogens (tertiary/aromatic N) is 5. The zero-order chi connectivity index (χ0) is 21.2. The molecule has 0 saturated carbocycles. The molecule has 0 aliphatic carbocycles. The monoisotopic (exact) mass is 471 g/mol. The Morgan fingerprint density at radius 2 is 2.06 bits per heavy atom. The highest BCUT2D eigenvalue weighted by molar-refractivity contribution is 7.98. The fourth-order valence-corrected chi connectivity index (χ4v) is 5.38. The van der Waals surface area contributed by atoms with Crippen LogP contribution in [0.15, 0.2) is 57.6 Å². The van der Waals surface area contributed by atoms with Gasteiger partial charge in [0.05, 0.1) is 17.7 Å². The van der Waals surface area contributed by atoms with Crippen molar-refractivity contribution in [2.75, 3.05) is 13.1 Å². The Labute approximate surface area is 192 Å². The van der Waals surface area contributed by atoms with Crippen LogP contribution in [-0.4, -0.2) is 43.6 Å². The number of likely N-dealkylation sites (tertiary alicyclic amines) is 1. The number of carbonyl (C=O) groups is 1. The molecular weight excluding hydrogens is 454 g/mol. The second kappa shape index (κ2) is 8.86. The van der Waals surface area contributed by atoms with Gasteiger partial charge in [-0.2, -0.15) is 0 Å². The SMILES string of the molecule is O=C(c1csc(CSc2nnc(-c3ccco3)n2-c2cccc(Cl)c2)n1)N1CCCC1. The molecule has 0 spiro atoms. The Kier molecular flexibility index (Phi) is 5.80. The van der Waals surface area contributed by atoms with E-state index >= 15 is 0 Å². The summed E-state index contributed by atoms with van der Waals surface area (Å²) in [5.41, 5.74) is 1.37. The van der Waals surface area contributed by atoms with Crippen molar-refractivity contribution in [2.24, 2.45) is 0 Å². The van der Waals surface area contributed by atoms with Crippen LogP contribution in [0.2, 0.25) is 5.02 Å². The van der Waals surface area contributed by atoms with Gasteiger partial charge in [0.1, 0.15) is 10.7 Å². The largest absolute Gasteiger partial charge is 0.461 e. The van der Waals surface area contributed by atoms with Crippen LogP contribution < -0.4 is 0 Å². The van der Waals surface area contributed by atoms with E-state index in [1.807, 2.05) is 51.2 Å². The van der Waals surface area contributed by atoms with Crippen LogP contribution in [0.4, 0.5) is 0 Å². The predicted octanol–water partition coefficient (Wildman–Crippen LogP) is 5.17. The molecule has 3 aromatic heterocycles. The molecule has 0 bridgehead atoms. The van der Waals surface area contributed by atoms with E-state index in [-0.39, 0.29) is 5.91 Å². The maximum absolute atomic E-state index is 12.6. The molecule has 10 heteroatoms. The van der Waals surface area contributed by atoms with Gasteiger partial charge in [0.25, 0.3) is 5.91 Å². The highest BCUT2D eigenvalue weighted by Crippen LogP contribution is 2.31. The molecule has 4 heterocycles. The minimum Gasteiger partial charge on any atom is -0.461 e. The third-order valence-electron chi connectivity index (χ3n) is 4.93. The van der Waals surface area contributed by atoms with Gasteiger partial charge in [-0.1, -0.05) is 29.4 Å². The van der Waals surface area contributed by atoms with E-state index in [4.69, 9.17) is 16.0 Å². The highest BCUT2D eigenvalue weighted by Gasteiger charge is 2.22. The normalized spacial score (nSPS) is 13.8. The van der Waals surface area contributed by atoms with E-state index in [0.29, 0.717) is 33.2 Å². The number of rotatable bonds is 6. The first-order valence-electron chi connectivity index (χ1n) is 9.81. The van der Waals surface area contributed by atoms with Crippen LogP contribution in [-0.2, 0) is 5.75 Å². The molecule has 1 amide bonds. The molecule has 158 valence electrons. The summed E-state index contributed by atoms with van der Waals surface area (Å²) < 4.78 is 7.46. The van der Waals surface area contributed by atoms with Crippen LogP contribution in [0.25, 0.3) is 17.3 Å². The van der Waals surface area contributed by atoms with E-state index < -0.39 is 0 Å². The van der Waals surface area contributed by atoms with Gasteiger partial charge in [0.15, 0.2) is 10.9 Å². The Morgan fingerprint density at radius 3 is 2.84 bits per heavy atom. The minimum atomic E-state index is 0.0206. The van der Waals surface area contributed by atoms with Crippen LogP contribution in [0.5, 0.6) is 0 Å². The molecule has 4 aromatic rings. The molecule has 1 aromatic carbocycles.